The van der Waals surface area contributed by atoms with Crippen molar-refractivity contribution in [3.05, 3.63) is 71.3 Å². The van der Waals surface area contributed by atoms with Crippen LogP contribution in [0.15, 0.2) is 54.6 Å². The van der Waals surface area contributed by atoms with E-state index < -0.39 is 17.6 Å². The quantitative estimate of drug-likeness (QED) is 0.587. The number of carbonyl (C=O) groups is 3. The Kier molecular flexibility index (Phi) is 7.76. The van der Waals surface area contributed by atoms with E-state index in [2.05, 4.69) is 16.0 Å². The summed E-state index contributed by atoms with van der Waals surface area (Å²) < 4.78 is 37.5. The van der Waals surface area contributed by atoms with Crippen LogP contribution in [0.3, 0.4) is 0 Å². The van der Waals surface area contributed by atoms with Gasteiger partial charge in [-0.1, -0.05) is 18.2 Å². The van der Waals surface area contributed by atoms with Gasteiger partial charge in [-0.15, -0.1) is 0 Å². The van der Waals surface area contributed by atoms with Crippen molar-refractivity contribution in [2.45, 2.75) is 12.6 Å². The molecule has 0 bridgehead atoms. The zero-order valence-electron chi connectivity index (χ0n) is 15.4. The third-order valence-corrected chi connectivity index (χ3v) is 3.88. The zero-order valence-corrected chi connectivity index (χ0v) is 15.4. The van der Waals surface area contributed by atoms with Gasteiger partial charge in [-0.05, 0) is 36.4 Å². The van der Waals surface area contributed by atoms with Crippen molar-refractivity contribution in [2.75, 3.05) is 19.6 Å². The molecular formula is C20H20F3N3O3. The van der Waals surface area contributed by atoms with Gasteiger partial charge in [0, 0.05) is 37.2 Å². The lowest BCUT2D eigenvalue weighted by atomic mass is 10.1. The van der Waals surface area contributed by atoms with Crippen molar-refractivity contribution in [3.63, 3.8) is 0 Å². The number of halogens is 3. The Hall–Kier alpha value is -3.36. The Morgan fingerprint density at radius 1 is 0.690 bits per heavy atom. The van der Waals surface area contributed by atoms with Crippen molar-refractivity contribution >= 4 is 17.7 Å². The Balaban J connectivity index is 1.62. The molecule has 2 rings (SSSR count). The van der Waals surface area contributed by atoms with Crippen LogP contribution in [0.1, 0.15) is 32.7 Å². The number of hydrogen-bond acceptors (Lipinski definition) is 3. The minimum atomic E-state index is -4.46. The average molecular weight is 407 g/mol. The lowest BCUT2D eigenvalue weighted by Gasteiger charge is -2.09. The first-order chi connectivity index (χ1) is 13.8. The van der Waals surface area contributed by atoms with Crippen molar-refractivity contribution < 1.29 is 27.6 Å². The van der Waals surface area contributed by atoms with Crippen LogP contribution in [0.4, 0.5) is 13.2 Å². The maximum atomic E-state index is 12.5. The number of hydrogen-bond donors (Lipinski definition) is 3. The third-order valence-electron chi connectivity index (χ3n) is 3.88. The predicted molar refractivity (Wildman–Crippen MR) is 100 cm³/mol. The fraction of sp³-hybridized carbons (Fsp3) is 0.250. The molecule has 0 saturated carbocycles. The second-order valence-corrected chi connectivity index (χ2v) is 6.05. The van der Waals surface area contributed by atoms with Crippen LogP contribution in [0.2, 0.25) is 0 Å². The van der Waals surface area contributed by atoms with E-state index in [0.29, 0.717) is 5.56 Å². The topological polar surface area (TPSA) is 87.3 Å². The van der Waals surface area contributed by atoms with Crippen LogP contribution in [-0.2, 0) is 11.0 Å². The number of carbonyl (C=O) groups excluding carboxylic acids is 3. The van der Waals surface area contributed by atoms with Crippen molar-refractivity contribution in [3.8, 4) is 0 Å². The lowest BCUT2D eigenvalue weighted by molar-refractivity contribution is -0.137. The normalized spacial score (nSPS) is 10.9. The van der Waals surface area contributed by atoms with Crippen LogP contribution < -0.4 is 16.0 Å². The molecule has 0 aliphatic carbocycles. The first-order valence-corrected chi connectivity index (χ1v) is 8.83. The Morgan fingerprint density at radius 3 is 1.79 bits per heavy atom. The molecule has 2 aromatic rings. The van der Waals surface area contributed by atoms with E-state index >= 15 is 0 Å². The summed E-state index contributed by atoms with van der Waals surface area (Å²) in [7, 11) is 0. The number of rotatable bonds is 8. The van der Waals surface area contributed by atoms with Crippen LogP contribution in [0.25, 0.3) is 0 Å². The molecule has 0 fully saturated rings. The van der Waals surface area contributed by atoms with Gasteiger partial charge >= 0.3 is 6.18 Å². The van der Waals surface area contributed by atoms with E-state index in [0.717, 1.165) is 24.3 Å². The summed E-state index contributed by atoms with van der Waals surface area (Å²) in [5.41, 5.74) is -0.243. The largest absolute Gasteiger partial charge is 0.416 e. The minimum Gasteiger partial charge on any atom is -0.354 e. The molecule has 0 radical (unpaired) electrons. The monoisotopic (exact) mass is 407 g/mol. The molecule has 0 saturated heterocycles. The zero-order chi connectivity index (χ0) is 21.3. The summed E-state index contributed by atoms with van der Waals surface area (Å²) in [4.78, 5) is 35.4. The highest BCUT2D eigenvalue weighted by Gasteiger charge is 2.30. The number of alkyl halides is 3. The van der Waals surface area contributed by atoms with Gasteiger partial charge in [-0.3, -0.25) is 14.4 Å². The third kappa shape index (κ3) is 7.28. The van der Waals surface area contributed by atoms with Crippen LogP contribution in [0.5, 0.6) is 0 Å². The highest BCUT2D eigenvalue weighted by molar-refractivity contribution is 5.94. The first-order valence-electron chi connectivity index (χ1n) is 8.83. The maximum absolute atomic E-state index is 12.5. The molecular weight excluding hydrogens is 387 g/mol. The molecule has 0 aliphatic heterocycles. The fourth-order valence-corrected chi connectivity index (χ4v) is 2.36. The highest BCUT2D eigenvalue weighted by atomic mass is 19.4. The predicted octanol–water partition coefficient (Wildman–Crippen LogP) is 2.37. The van der Waals surface area contributed by atoms with Gasteiger partial charge in [0.15, 0.2) is 0 Å². The molecule has 0 atom stereocenters. The Bertz CT molecular complexity index is 838. The molecule has 0 aliphatic rings. The molecule has 2 aromatic carbocycles. The van der Waals surface area contributed by atoms with Crippen LogP contribution in [0, 0.1) is 0 Å². The molecule has 3 amide bonds. The highest BCUT2D eigenvalue weighted by Crippen LogP contribution is 2.29. The van der Waals surface area contributed by atoms with Crippen LogP contribution in [-0.4, -0.2) is 37.4 Å². The molecule has 0 spiro atoms. The molecule has 154 valence electrons. The number of benzene rings is 2. The summed E-state index contributed by atoms with van der Waals surface area (Å²) >= 11 is 0. The summed E-state index contributed by atoms with van der Waals surface area (Å²) in [6, 6.07) is 12.4. The minimum absolute atomic E-state index is 0.0748. The van der Waals surface area contributed by atoms with E-state index in [9.17, 15) is 27.6 Å². The number of amides is 3. The number of nitrogens with one attached hydrogen (secondary N) is 3. The van der Waals surface area contributed by atoms with Crippen molar-refractivity contribution in [1.82, 2.24) is 16.0 Å². The van der Waals surface area contributed by atoms with E-state index in [1.807, 2.05) is 0 Å². The Morgan fingerprint density at radius 2 is 1.21 bits per heavy atom. The van der Waals surface area contributed by atoms with Gasteiger partial charge in [-0.25, -0.2) is 0 Å². The first kappa shape index (κ1) is 21.9. The summed E-state index contributed by atoms with van der Waals surface area (Å²) in [6.07, 6.45) is -4.38. The fourth-order valence-electron chi connectivity index (χ4n) is 2.36. The summed E-state index contributed by atoms with van der Waals surface area (Å²) in [5, 5.41) is 7.71. The van der Waals surface area contributed by atoms with Crippen molar-refractivity contribution in [1.29, 1.82) is 0 Å². The second-order valence-electron chi connectivity index (χ2n) is 6.05. The Labute approximate surface area is 165 Å². The molecule has 0 heterocycles. The standard InChI is InChI=1S/C20H20F3N3O3/c21-20(22,23)16-8-6-15(7-9-16)19(29)26-13-12-24-17(27)10-11-25-18(28)14-4-2-1-3-5-14/h1-9H,10-13H2,(H,24,27)(H,25,28)(H,26,29). The van der Waals surface area contributed by atoms with Gasteiger partial charge < -0.3 is 16.0 Å². The molecule has 0 unspecified atom stereocenters. The van der Waals surface area contributed by atoms with E-state index in [4.69, 9.17) is 0 Å². The van der Waals surface area contributed by atoms with Gasteiger partial charge in [0.2, 0.25) is 5.91 Å². The van der Waals surface area contributed by atoms with E-state index in [1.165, 1.54) is 0 Å². The second kappa shape index (κ2) is 10.3. The van der Waals surface area contributed by atoms with Gasteiger partial charge in [-0.2, -0.15) is 13.2 Å². The molecule has 6 nitrogen and oxygen atoms in total. The molecule has 29 heavy (non-hydrogen) atoms. The molecule has 9 heteroatoms. The molecule has 3 N–H and O–H groups in total. The smallest absolute Gasteiger partial charge is 0.354 e. The van der Waals surface area contributed by atoms with Gasteiger partial charge in [0.25, 0.3) is 11.8 Å². The molecule has 0 aromatic heterocycles. The van der Waals surface area contributed by atoms with E-state index in [1.54, 1.807) is 30.3 Å². The van der Waals surface area contributed by atoms with Gasteiger partial charge in [0.1, 0.15) is 0 Å². The summed E-state index contributed by atoms with van der Waals surface area (Å²) in [6.45, 7) is 0.428. The van der Waals surface area contributed by atoms with Crippen LogP contribution >= 0.6 is 0 Å². The average Bonchev–Trinajstić information content (AvgIpc) is 2.71. The van der Waals surface area contributed by atoms with Gasteiger partial charge in [0.05, 0.1) is 5.56 Å². The summed E-state index contributed by atoms with van der Waals surface area (Å²) in [5.74, 6) is -1.12. The lowest BCUT2D eigenvalue weighted by Crippen LogP contribution is -2.36. The SMILES string of the molecule is O=C(CCNC(=O)c1ccccc1)NCCNC(=O)c1ccc(C(F)(F)F)cc1. The van der Waals surface area contributed by atoms with Crippen molar-refractivity contribution in [2.24, 2.45) is 0 Å². The van der Waals surface area contributed by atoms with E-state index in [-0.39, 0.29) is 43.4 Å². The maximum Gasteiger partial charge on any atom is 0.416 e.